The SMILES string of the molecule is CC(C)c1nc(C(=O)N2CCOC3(CCN(Cc4ccc(F)c(C=CCC(N)=O)c4)CC3)C2)cs1. The summed E-state index contributed by atoms with van der Waals surface area (Å²) in [7, 11) is 0. The molecule has 35 heavy (non-hydrogen) atoms. The van der Waals surface area contributed by atoms with Gasteiger partial charge in [-0.1, -0.05) is 32.1 Å². The van der Waals surface area contributed by atoms with Crippen LogP contribution in [0.3, 0.4) is 0 Å². The van der Waals surface area contributed by atoms with E-state index in [-0.39, 0.29) is 23.7 Å². The molecule has 2 fully saturated rings. The summed E-state index contributed by atoms with van der Waals surface area (Å²) in [4.78, 5) is 32.8. The number of morpholine rings is 1. The van der Waals surface area contributed by atoms with Gasteiger partial charge in [0.2, 0.25) is 5.91 Å². The number of nitrogens with zero attached hydrogens (tertiary/aromatic N) is 3. The van der Waals surface area contributed by atoms with Crippen LogP contribution >= 0.6 is 11.3 Å². The first-order valence-electron chi connectivity index (χ1n) is 12.1. The van der Waals surface area contributed by atoms with Crippen LogP contribution in [-0.4, -0.2) is 65.0 Å². The Labute approximate surface area is 209 Å². The fourth-order valence-corrected chi connectivity index (χ4v) is 5.44. The third-order valence-electron chi connectivity index (χ3n) is 6.62. The minimum atomic E-state index is -0.447. The van der Waals surface area contributed by atoms with E-state index >= 15 is 0 Å². The monoisotopic (exact) mass is 500 g/mol. The van der Waals surface area contributed by atoms with Crippen LogP contribution in [0, 0.1) is 5.82 Å². The molecule has 2 aliphatic heterocycles. The van der Waals surface area contributed by atoms with Crippen LogP contribution in [0.1, 0.15) is 65.7 Å². The van der Waals surface area contributed by atoms with Gasteiger partial charge in [0.25, 0.3) is 5.91 Å². The third-order valence-corrected chi connectivity index (χ3v) is 7.77. The molecular weight excluding hydrogens is 467 g/mol. The summed E-state index contributed by atoms with van der Waals surface area (Å²) in [6.45, 7) is 8.23. The van der Waals surface area contributed by atoms with Gasteiger partial charge in [0.15, 0.2) is 0 Å². The topological polar surface area (TPSA) is 88.8 Å². The van der Waals surface area contributed by atoms with Crippen molar-refractivity contribution < 1.29 is 18.7 Å². The van der Waals surface area contributed by atoms with E-state index < -0.39 is 5.91 Å². The Kier molecular flexibility index (Phi) is 7.98. The summed E-state index contributed by atoms with van der Waals surface area (Å²) >= 11 is 1.54. The van der Waals surface area contributed by atoms with Gasteiger partial charge in [0, 0.05) is 49.5 Å². The van der Waals surface area contributed by atoms with Gasteiger partial charge in [0.1, 0.15) is 11.5 Å². The van der Waals surface area contributed by atoms with Crippen molar-refractivity contribution in [2.45, 2.75) is 51.2 Å². The lowest BCUT2D eigenvalue weighted by atomic mass is 9.89. The first kappa shape index (κ1) is 25.5. The fraction of sp³-hybridized carbons (Fsp3) is 0.500. The number of piperidine rings is 1. The normalized spacial score (nSPS) is 18.6. The maximum absolute atomic E-state index is 14.1. The highest BCUT2D eigenvalue weighted by Crippen LogP contribution is 2.32. The fourth-order valence-electron chi connectivity index (χ4n) is 4.63. The molecule has 0 radical (unpaired) electrons. The molecule has 1 aromatic heterocycles. The second kappa shape index (κ2) is 11.0. The molecule has 0 aliphatic carbocycles. The molecule has 4 rings (SSSR count). The smallest absolute Gasteiger partial charge is 0.273 e. The summed E-state index contributed by atoms with van der Waals surface area (Å²) < 4.78 is 20.4. The van der Waals surface area contributed by atoms with E-state index in [0.717, 1.165) is 36.5 Å². The lowest BCUT2D eigenvalue weighted by molar-refractivity contribution is -0.128. The standard InChI is InChI=1S/C26H33FN4O3S/c1-18(2)24-29-22(16-35-24)25(33)31-12-13-34-26(17-31)8-10-30(11-9-26)15-19-6-7-21(27)20(14-19)4-3-5-23(28)32/h3-4,6-7,14,16,18H,5,8-13,15,17H2,1-2H3,(H2,28,32). The zero-order chi connectivity index (χ0) is 25.0. The van der Waals surface area contributed by atoms with Crippen molar-refractivity contribution in [3.63, 3.8) is 0 Å². The number of hydrogen-bond acceptors (Lipinski definition) is 6. The van der Waals surface area contributed by atoms with Crippen molar-refractivity contribution in [2.24, 2.45) is 5.73 Å². The Morgan fingerprint density at radius 1 is 1.29 bits per heavy atom. The Hall–Kier alpha value is -2.62. The van der Waals surface area contributed by atoms with Crippen LogP contribution in [0.15, 0.2) is 29.7 Å². The molecule has 7 nitrogen and oxygen atoms in total. The number of primary amides is 1. The average molecular weight is 501 g/mol. The molecular formula is C26H33FN4O3S. The first-order valence-corrected chi connectivity index (χ1v) is 13.0. The number of halogens is 1. The minimum absolute atomic E-state index is 0.0125. The lowest BCUT2D eigenvalue weighted by Gasteiger charge is -2.47. The number of rotatable bonds is 7. The highest BCUT2D eigenvalue weighted by Gasteiger charge is 2.41. The molecule has 1 spiro atoms. The number of carbonyl (C=O) groups is 2. The molecule has 0 bridgehead atoms. The number of likely N-dealkylation sites (tertiary alicyclic amines) is 1. The summed E-state index contributed by atoms with van der Waals surface area (Å²) in [5.74, 6) is -0.475. The summed E-state index contributed by atoms with van der Waals surface area (Å²) in [6, 6.07) is 5.07. The molecule has 2 aromatic rings. The van der Waals surface area contributed by atoms with Gasteiger partial charge in [-0.05, 0) is 30.5 Å². The summed E-state index contributed by atoms with van der Waals surface area (Å²) in [6.07, 6.45) is 4.93. The van der Waals surface area contributed by atoms with Crippen LogP contribution in [0.2, 0.25) is 0 Å². The molecule has 3 heterocycles. The highest BCUT2D eigenvalue weighted by atomic mass is 32.1. The molecule has 0 saturated carbocycles. The van der Waals surface area contributed by atoms with Crippen LogP contribution in [0.5, 0.6) is 0 Å². The number of ether oxygens (including phenoxy) is 1. The quantitative estimate of drug-likeness (QED) is 0.625. The molecule has 2 N–H and O–H groups in total. The Bertz CT molecular complexity index is 1090. The predicted octanol–water partition coefficient (Wildman–Crippen LogP) is 3.80. The summed E-state index contributed by atoms with van der Waals surface area (Å²) in [5.41, 5.74) is 6.81. The molecule has 2 saturated heterocycles. The van der Waals surface area contributed by atoms with Crippen molar-refractivity contribution in [1.82, 2.24) is 14.8 Å². The Morgan fingerprint density at radius 3 is 2.74 bits per heavy atom. The molecule has 188 valence electrons. The maximum Gasteiger partial charge on any atom is 0.273 e. The van der Waals surface area contributed by atoms with Gasteiger partial charge in [-0.2, -0.15) is 0 Å². The molecule has 0 atom stereocenters. The van der Waals surface area contributed by atoms with Crippen molar-refractivity contribution >= 4 is 29.2 Å². The van der Waals surface area contributed by atoms with E-state index in [0.29, 0.717) is 43.4 Å². The molecule has 1 aromatic carbocycles. The number of benzene rings is 1. The van der Waals surface area contributed by atoms with Crippen LogP contribution in [0.25, 0.3) is 6.08 Å². The number of thiazole rings is 1. The van der Waals surface area contributed by atoms with E-state index in [1.54, 1.807) is 29.6 Å². The Morgan fingerprint density at radius 2 is 2.06 bits per heavy atom. The van der Waals surface area contributed by atoms with E-state index in [4.69, 9.17) is 10.5 Å². The van der Waals surface area contributed by atoms with Gasteiger partial charge in [0.05, 0.1) is 23.8 Å². The average Bonchev–Trinajstić information content (AvgIpc) is 3.33. The third kappa shape index (κ3) is 6.34. The lowest BCUT2D eigenvalue weighted by Crippen LogP contribution is -2.58. The minimum Gasteiger partial charge on any atom is -0.371 e. The number of aromatic nitrogens is 1. The zero-order valence-electron chi connectivity index (χ0n) is 20.3. The largest absolute Gasteiger partial charge is 0.371 e. The van der Waals surface area contributed by atoms with Gasteiger partial charge in [-0.25, -0.2) is 9.37 Å². The van der Waals surface area contributed by atoms with Crippen molar-refractivity contribution in [1.29, 1.82) is 0 Å². The van der Waals surface area contributed by atoms with E-state index in [1.807, 2.05) is 16.3 Å². The molecule has 2 amide bonds. The Balaban J connectivity index is 1.34. The second-order valence-electron chi connectivity index (χ2n) is 9.69. The zero-order valence-corrected chi connectivity index (χ0v) is 21.2. The highest BCUT2D eigenvalue weighted by molar-refractivity contribution is 7.09. The van der Waals surface area contributed by atoms with Crippen molar-refractivity contribution in [3.8, 4) is 0 Å². The molecule has 9 heteroatoms. The number of amides is 2. The van der Waals surface area contributed by atoms with Gasteiger partial charge in [-0.3, -0.25) is 14.5 Å². The number of carbonyl (C=O) groups excluding carboxylic acids is 2. The van der Waals surface area contributed by atoms with E-state index in [2.05, 4.69) is 23.7 Å². The van der Waals surface area contributed by atoms with Gasteiger partial charge < -0.3 is 15.4 Å². The molecule has 0 unspecified atom stereocenters. The first-order chi connectivity index (χ1) is 16.7. The van der Waals surface area contributed by atoms with Gasteiger partial charge in [-0.15, -0.1) is 11.3 Å². The van der Waals surface area contributed by atoms with Crippen LogP contribution in [0.4, 0.5) is 4.39 Å². The van der Waals surface area contributed by atoms with E-state index in [1.165, 1.54) is 6.07 Å². The number of hydrogen-bond donors (Lipinski definition) is 1. The van der Waals surface area contributed by atoms with E-state index in [9.17, 15) is 14.0 Å². The number of nitrogens with two attached hydrogens (primary N) is 1. The van der Waals surface area contributed by atoms with Crippen LogP contribution < -0.4 is 5.73 Å². The molecule has 2 aliphatic rings. The van der Waals surface area contributed by atoms with Crippen LogP contribution in [-0.2, 0) is 16.1 Å². The summed E-state index contributed by atoms with van der Waals surface area (Å²) in [5, 5.41) is 2.85. The second-order valence-corrected chi connectivity index (χ2v) is 10.6. The van der Waals surface area contributed by atoms with Gasteiger partial charge >= 0.3 is 0 Å². The van der Waals surface area contributed by atoms with Crippen molar-refractivity contribution in [3.05, 3.63) is 57.3 Å². The maximum atomic E-state index is 14.1. The predicted molar refractivity (Wildman–Crippen MR) is 135 cm³/mol. The van der Waals surface area contributed by atoms with Crippen molar-refractivity contribution in [2.75, 3.05) is 32.8 Å².